The maximum absolute atomic E-state index is 13.4. The van der Waals surface area contributed by atoms with Gasteiger partial charge in [0.2, 0.25) is 0 Å². The fourth-order valence-electron chi connectivity index (χ4n) is 2.97. The lowest BCUT2D eigenvalue weighted by molar-refractivity contribution is -0.141. The number of amides is 1. The minimum absolute atomic E-state index is 0.0228. The van der Waals surface area contributed by atoms with E-state index in [0.717, 1.165) is 11.6 Å². The van der Waals surface area contributed by atoms with Crippen LogP contribution in [0.5, 0.6) is 5.75 Å². The number of fused-ring (bicyclic) bond motifs is 1. The largest absolute Gasteiger partial charge is 0.482 e. The van der Waals surface area contributed by atoms with Crippen LogP contribution >= 0.6 is 0 Å². The molecule has 0 saturated carbocycles. The van der Waals surface area contributed by atoms with Crippen LogP contribution in [0, 0.1) is 0 Å². The van der Waals surface area contributed by atoms with Crippen molar-refractivity contribution in [3.8, 4) is 17.1 Å². The summed E-state index contributed by atoms with van der Waals surface area (Å²) < 4.78 is 45.4. The van der Waals surface area contributed by atoms with E-state index in [1.54, 1.807) is 25.1 Å². The Labute approximate surface area is 169 Å². The van der Waals surface area contributed by atoms with Gasteiger partial charge in [-0.05, 0) is 36.8 Å². The van der Waals surface area contributed by atoms with Crippen molar-refractivity contribution in [2.45, 2.75) is 19.1 Å². The number of hydrogen-bond acceptors (Lipinski definition) is 6. The van der Waals surface area contributed by atoms with Gasteiger partial charge in [-0.2, -0.15) is 13.2 Å². The molecule has 1 atom stereocenters. The smallest absolute Gasteiger partial charge is 0.433 e. The minimum Gasteiger partial charge on any atom is -0.482 e. The maximum Gasteiger partial charge on any atom is 0.433 e. The highest BCUT2D eigenvalue weighted by atomic mass is 19.4. The average molecular weight is 415 g/mol. The van der Waals surface area contributed by atoms with E-state index in [9.17, 15) is 18.0 Å². The van der Waals surface area contributed by atoms with Crippen molar-refractivity contribution in [1.82, 2.24) is 15.0 Å². The molecule has 7 nitrogen and oxygen atoms in total. The summed E-state index contributed by atoms with van der Waals surface area (Å²) in [6.45, 7) is 1.72. The van der Waals surface area contributed by atoms with Gasteiger partial charge in [-0.15, -0.1) is 0 Å². The summed E-state index contributed by atoms with van der Waals surface area (Å²) in [5.41, 5.74) is 0.608. The van der Waals surface area contributed by atoms with Crippen molar-refractivity contribution < 1.29 is 22.7 Å². The number of aromatic nitrogens is 3. The molecule has 0 radical (unpaired) electrons. The van der Waals surface area contributed by atoms with Gasteiger partial charge in [-0.1, -0.05) is 6.07 Å². The van der Waals surface area contributed by atoms with E-state index in [-0.39, 0.29) is 24.2 Å². The molecule has 10 heteroatoms. The number of carbonyl (C=O) groups excluding carboxylic acids is 1. The quantitative estimate of drug-likeness (QED) is 0.668. The third-order valence-corrected chi connectivity index (χ3v) is 4.46. The second-order valence-electron chi connectivity index (χ2n) is 6.65. The maximum atomic E-state index is 13.4. The van der Waals surface area contributed by atoms with E-state index in [4.69, 9.17) is 4.74 Å². The van der Waals surface area contributed by atoms with Gasteiger partial charge >= 0.3 is 6.18 Å². The van der Waals surface area contributed by atoms with Crippen molar-refractivity contribution in [2.24, 2.45) is 0 Å². The molecule has 2 N–H and O–H groups in total. The van der Waals surface area contributed by atoms with E-state index < -0.39 is 17.9 Å². The summed E-state index contributed by atoms with van der Waals surface area (Å²) in [5, 5.41) is 5.69. The van der Waals surface area contributed by atoms with E-state index in [0.29, 0.717) is 17.0 Å². The van der Waals surface area contributed by atoms with Gasteiger partial charge in [0.25, 0.3) is 5.91 Å². The summed E-state index contributed by atoms with van der Waals surface area (Å²) in [5.74, 6) is 0.225. The van der Waals surface area contributed by atoms with Crippen LogP contribution in [0.4, 0.5) is 24.7 Å². The van der Waals surface area contributed by atoms with Crippen LogP contribution in [-0.2, 0) is 11.0 Å². The monoisotopic (exact) mass is 415 g/mol. The Balaban J connectivity index is 1.65. The number of benzene rings is 1. The van der Waals surface area contributed by atoms with Gasteiger partial charge in [0.05, 0.1) is 11.7 Å². The first kappa shape index (κ1) is 19.6. The topological polar surface area (TPSA) is 89.0 Å². The molecule has 3 aromatic rings. The highest BCUT2D eigenvalue weighted by Gasteiger charge is 2.34. The Morgan fingerprint density at radius 2 is 1.90 bits per heavy atom. The molecule has 4 rings (SSSR count). The highest BCUT2D eigenvalue weighted by Crippen LogP contribution is 2.33. The lowest BCUT2D eigenvalue weighted by Crippen LogP contribution is -2.25. The predicted molar refractivity (Wildman–Crippen MR) is 103 cm³/mol. The normalized spacial score (nSPS) is 14.3. The van der Waals surface area contributed by atoms with Crippen LogP contribution < -0.4 is 15.4 Å². The lowest BCUT2D eigenvalue weighted by Gasteiger charge is -2.21. The SMILES string of the molecule is CC(Nc1cc(C(F)(F)F)nc(-c2ccncc2)n1)c1ccc2c(c1)NC(=O)CO2. The van der Waals surface area contributed by atoms with Crippen LogP contribution in [0.25, 0.3) is 11.4 Å². The number of anilines is 2. The fourth-order valence-corrected chi connectivity index (χ4v) is 2.97. The van der Waals surface area contributed by atoms with Crippen LogP contribution in [0.3, 0.4) is 0 Å². The number of nitrogens with zero attached hydrogens (tertiary/aromatic N) is 3. The number of hydrogen-bond donors (Lipinski definition) is 2. The number of halogens is 3. The van der Waals surface area contributed by atoms with Gasteiger partial charge < -0.3 is 15.4 Å². The molecule has 1 aliphatic rings. The van der Waals surface area contributed by atoms with Crippen LogP contribution in [-0.4, -0.2) is 27.5 Å². The molecule has 1 aliphatic heterocycles. The number of rotatable bonds is 4. The average Bonchev–Trinajstić information content (AvgIpc) is 2.73. The van der Waals surface area contributed by atoms with Crippen molar-refractivity contribution in [1.29, 1.82) is 0 Å². The minimum atomic E-state index is -4.63. The first-order chi connectivity index (χ1) is 14.3. The van der Waals surface area contributed by atoms with E-state index in [1.165, 1.54) is 24.5 Å². The molecule has 0 bridgehead atoms. The van der Waals surface area contributed by atoms with Gasteiger partial charge in [-0.25, -0.2) is 9.97 Å². The molecule has 1 unspecified atom stereocenters. The van der Waals surface area contributed by atoms with Crippen molar-refractivity contribution in [2.75, 3.05) is 17.2 Å². The summed E-state index contributed by atoms with van der Waals surface area (Å²) >= 11 is 0. The molecule has 0 spiro atoms. The van der Waals surface area contributed by atoms with Crippen molar-refractivity contribution in [3.63, 3.8) is 0 Å². The summed E-state index contributed by atoms with van der Waals surface area (Å²) in [6, 6.07) is 8.71. The Bertz CT molecular complexity index is 1090. The van der Waals surface area contributed by atoms with Gasteiger partial charge in [-0.3, -0.25) is 9.78 Å². The predicted octanol–water partition coefficient (Wildman–Crippen LogP) is 4.06. The molecule has 1 aromatic carbocycles. The summed E-state index contributed by atoms with van der Waals surface area (Å²) in [7, 11) is 0. The third-order valence-electron chi connectivity index (χ3n) is 4.46. The van der Waals surface area contributed by atoms with Gasteiger partial charge in [0.1, 0.15) is 11.6 Å². The zero-order valence-electron chi connectivity index (χ0n) is 15.7. The molecule has 3 heterocycles. The van der Waals surface area contributed by atoms with E-state index >= 15 is 0 Å². The number of alkyl halides is 3. The van der Waals surface area contributed by atoms with Crippen molar-refractivity contribution >= 4 is 17.4 Å². The zero-order chi connectivity index (χ0) is 21.3. The Hall–Kier alpha value is -3.69. The van der Waals surface area contributed by atoms with E-state index in [2.05, 4.69) is 25.6 Å². The molecular formula is C20H16F3N5O2. The van der Waals surface area contributed by atoms with Gasteiger partial charge in [0, 0.05) is 24.0 Å². The Kier molecular flexibility index (Phi) is 4.98. The first-order valence-electron chi connectivity index (χ1n) is 8.99. The molecule has 154 valence electrons. The number of ether oxygens (including phenoxy) is 1. The summed E-state index contributed by atoms with van der Waals surface area (Å²) in [4.78, 5) is 23.3. The molecular weight excluding hydrogens is 399 g/mol. The second-order valence-corrected chi connectivity index (χ2v) is 6.65. The molecule has 1 amide bonds. The Morgan fingerprint density at radius 1 is 1.13 bits per heavy atom. The van der Waals surface area contributed by atoms with E-state index in [1.807, 2.05) is 0 Å². The second kappa shape index (κ2) is 7.62. The van der Waals surface area contributed by atoms with Crippen LogP contribution in [0.1, 0.15) is 24.2 Å². The highest BCUT2D eigenvalue weighted by molar-refractivity contribution is 5.95. The van der Waals surface area contributed by atoms with Gasteiger partial charge in [0.15, 0.2) is 18.1 Å². The Morgan fingerprint density at radius 3 is 2.63 bits per heavy atom. The molecule has 0 aliphatic carbocycles. The molecule has 0 saturated heterocycles. The zero-order valence-corrected chi connectivity index (χ0v) is 15.7. The number of pyridine rings is 1. The van der Waals surface area contributed by atoms with Crippen LogP contribution in [0.15, 0.2) is 48.8 Å². The lowest BCUT2D eigenvalue weighted by atomic mass is 10.1. The summed E-state index contributed by atoms with van der Waals surface area (Å²) in [6.07, 6.45) is -1.71. The third kappa shape index (κ3) is 4.17. The standard InChI is InChI=1S/C20H16F3N5O2/c1-11(13-2-3-15-14(8-13)26-18(29)10-30-15)25-17-9-16(20(21,22)23)27-19(28-17)12-4-6-24-7-5-12/h2-9,11H,10H2,1H3,(H,26,29)(H,25,27,28). The molecule has 2 aromatic heterocycles. The number of nitrogens with one attached hydrogen (secondary N) is 2. The van der Waals surface area contributed by atoms with Crippen molar-refractivity contribution in [3.05, 3.63) is 60.0 Å². The fraction of sp³-hybridized carbons (Fsp3) is 0.200. The first-order valence-corrected chi connectivity index (χ1v) is 8.99. The van der Waals surface area contributed by atoms with Crippen LogP contribution in [0.2, 0.25) is 0 Å². The molecule has 0 fully saturated rings. The molecule has 30 heavy (non-hydrogen) atoms. The number of carbonyl (C=O) groups is 1.